The second-order valence-corrected chi connectivity index (χ2v) is 8.87. The Bertz CT molecular complexity index is 1140. The van der Waals surface area contributed by atoms with E-state index >= 15 is 0 Å². The highest BCUT2D eigenvalue weighted by atomic mass is 19.1. The smallest absolute Gasteiger partial charge is 0.219 e. The summed E-state index contributed by atoms with van der Waals surface area (Å²) in [5.41, 5.74) is 7.32. The Hall–Kier alpha value is -2.88. The van der Waals surface area contributed by atoms with E-state index in [1.54, 1.807) is 12.4 Å². The number of fused-ring (bicyclic) bond motifs is 5. The summed E-state index contributed by atoms with van der Waals surface area (Å²) >= 11 is 0. The predicted molar refractivity (Wildman–Crippen MR) is 108 cm³/mol. The number of alkyl halides is 1. The Morgan fingerprint density at radius 2 is 1.97 bits per heavy atom. The van der Waals surface area contributed by atoms with E-state index in [0.717, 1.165) is 29.2 Å². The Morgan fingerprint density at radius 1 is 1.17 bits per heavy atom. The van der Waals surface area contributed by atoms with Crippen molar-refractivity contribution in [3.8, 4) is 11.4 Å². The maximum absolute atomic E-state index is 14.2. The van der Waals surface area contributed by atoms with Gasteiger partial charge in [-0.05, 0) is 26.7 Å². The minimum absolute atomic E-state index is 0.0559. The van der Waals surface area contributed by atoms with Gasteiger partial charge in [-0.3, -0.25) is 0 Å². The Morgan fingerprint density at radius 3 is 2.67 bits per heavy atom. The molecule has 0 aromatic carbocycles. The van der Waals surface area contributed by atoms with E-state index in [9.17, 15) is 4.39 Å². The van der Waals surface area contributed by atoms with E-state index in [1.807, 2.05) is 13.8 Å². The molecule has 2 unspecified atom stereocenters. The highest BCUT2D eigenvalue weighted by molar-refractivity contribution is 5.87. The largest absolute Gasteiger partial charge is 0.368 e. The third kappa shape index (κ3) is 2.52. The van der Waals surface area contributed by atoms with Gasteiger partial charge in [-0.1, -0.05) is 0 Å². The number of hydrogen-bond acceptors (Lipinski definition) is 8. The standard InChI is InChI=1S/C20H23FN8O/c1-20(2)18-25-14-16(28(18)3-4-30-20)26-15(11-7-23-19(22)24-8-11)27-17(14)29-9-10-5-12(29)6-13(10)21/h7-8,10,12-13H,3-6,9H2,1-2H3,(H2,22,23,24)/t10-,12?,13?/m1/s1. The van der Waals surface area contributed by atoms with Crippen molar-refractivity contribution in [3.05, 3.63) is 18.2 Å². The zero-order chi connectivity index (χ0) is 20.6. The lowest BCUT2D eigenvalue weighted by atomic mass is 10.1. The highest BCUT2D eigenvalue weighted by Crippen LogP contribution is 2.44. The molecule has 3 atom stereocenters. The molecule has 6 rings (SSSR count). The fraction of sp³-hybridized carbons (Fsp3) is 0.550. The summed E-state index contributed by atoms with van der Waals surface area (Å²) in [5.74, 6) is 2.36. The Balaban J connectivity index is 1.57. The highest BCUT2D eigenvalue weighted by Gasteiger charge is 2.46. The molecule has 156 valence electrons. The lowest BCUT2D eigenvalue weighted by molar-refractivity contribution is -0.0530. The van der Waals surface area contributed by atoms with Crippen LogP contribution < -0.4 is 10.6 Å². The second kappa shape index (κ2) is 6.07. The van der Waals surface area contributed by atoms with Gasteiger partial charge in [0.15, 0.2) is 22.8 Å². The third-order valence-electron chi connectivity index (χ3n) is 6.55. The number of nitrogens with two attached hydrogens (primary N) is 1. The number of nitrogens with zero attached hydrogens (tertiary/aromatic N) is 7. The topological polar surface area (TPSA) is 108 Å². The van der Waals surface area contributed by atoms with Crippen LogP contribution in [-0.4, -0.2) is 54.9 Å². The molecular formula is C20H23FN8O. The van der Waals surface area contributed by atoms with E-state index in [1.165, 1.54) is 0 Å². The molecule has 3 aromatic heterocycles. The van der Waals surface area contributed by atoms with Gasteiger partial charge in [0, 0.05) is 37.4 Å². The monoisotopic (exact) mass is 410 g/mol. The van der Waals surface area contributed by atoms with E-state index in [2.05, 4.69) is 19.4 Å². The van der Waals surface area contributed by atoms with Crippen LogP contribution >= 0.6 is 0 Å². The van der Waals surface area contributed by atoms with Crippen molar-refractivity contribution in [2.45, 2.75) is 51.0 Å². The van der Waals surface area contributed by atoms with Gasteiger partial charge in [-0.15, -0.1) is 0 Å². The molecule has 30 heavy (non-hydrogen) atoms. The number of piperidine rings is 1. The lowest BCUT2D eigenvalue weighted by Gasteiger charge is -2.30. The predicted octanol–water partition coefficient (Wildman–Crippen LogP) is 2.07. The lowest BCUT2D eigenvalue weighted by Crippen LogP contribution is -2.37. The number of hydrogen-bond donors (Lipinski definition) is 1. The molecule has 3 aliphatic rings. The molecular weight excluding hydrogens is 387 g/mol. The van der Waals surface area contributed by atoms with E-state index in [4.69, 9.17) is 25.4 Å². The second-order valence-electron chi connectivity index (χ2n) is 8.87. The molecule has 0 radical (unpaired) electrons. The van der Waals surface area contributed by atoms with Gasteiger partial charge < -0.3 is 19.9 Å². The first-order valence-electron chi connectivity index (χ1n) is 10.3. The number of anilines is 2. The van der Waals surface area contributed by atoms with Crippen LogP contribution in [0.3, 0.4) is 0 Å². The van der Waals surface area contributed by atoms with E-state index in [0.29, 0.717) is 37.5 Å². The first-order chi connectivity index (χ1) is 14.4. The summed E-state index contributed by atoms with van der Waals surface area (Å²) < 4.78 is 22.2. The number of aromatic nitrogens is 6. The number of imidazole rings is 1. The van der Waals surface area contributed by atoms with Gasteiger partial charge in [0.25, 0.3) is 0 Å². The average molecular weight is 410 g/mol. The summed E-state index contributed by atoms with van der Waals surface area (Å²) in [5, 5.41) is 0. The fourth-order valence-corrected chi connectivity index (χ4v) is 5.05. The molecule has 5 heterocycles. The number of ether oxygens (including phenoxy) is 1. The summed E-state index contributed by atoms with van der Waals surface area (Å²) in [6, 6.07) is 0.140. The van der Waals surface area contributed by atoms with Crippen LogP contribution in [0.4, 0.5) is 16.2 Å². The normalized spacial score (nSPS) is 27.0. The minimum Gasteiger partial charge on any atom is -0.368 e. The molecule has 0 spiro atoms. The van der Waals surface area contributed by atoms with Crippen molar-refractivity contribution in [2.24, 2.45) is 5.92 Å². The van der Waals surface area contributed by atoms with Crippen LogP contribution in [0.5, 0.6) is 0 Å². The molecule has 2 N–H and O–H groups in total. The molecule has 1 saturated carbocycles. The molecule has 2 fully saturated rings. The summed E-state index contributed by atoms with van der Waals surface area (Å²) in [4.78, 5) is 25.0. The average Bonchev–Trinajstić information content (AvgIpc) is 3.40. The minimum atomic E-state index is -0.726. The Labute approximate surface area is 172 Å². The van der Waals surface area contributed by atoms with Crippen LogP contribution in [0.25, 0.3) is 22.6 Å². The van der Waals surface area contributed by atoms with Crippen LogP contribution in [-0.2, 0) is 16.9 Å². The van der Waals surface area contributed by atoms with Gasteiger partial charge in [-0.25, -0.2) is 29.3 Å². The summed E-state index contributed by atoms with van der Waals surface area (Å²) in [6.07, 6.45) is 3.92. The first-order valence-corrected chi connectivity index (χ1v) is 10.3. The quantitative estimate of drug-likeness (QED) is 0.684. The first kappa shape index (κ1) is 17.9. The molecule has 9 nitrogen and oxygen atoms in total. The molecule has 3 aromatic rings. The van der Waals surface area contributed by atoms with Crippen molar-refractivity contribution in [1.29, 1.82) is 0 Å². The Kier molecular flexibility index (Phi) is 3.63. The summed E-state index contributed by atoms with van der Waals surface area (Å²) in [6.45, 7) is 5.93. The van der Waals surface area contributed by atoms with Gasteiger partial charge in [0.1, 0.15) is 17.6 Å². The number of halogens is 1. The van der Waals surface area contributed by atoms with Crippen molar-refractivity contribution in [3.63, 3.8) is 0 Å². The van der Waals surface area contributed by atoms with Crippen molar-refractivity contribution in [1.82, 2.24) is 29.5 Å². The number of rotatable bonds is 2. The van der Waals surface area contributed by atoms with Crippen molar-refractivity contribution >= 4 is 22.9 Å². The number of nitrogen functional groups attached to an aromatic ring is 1. The van der Waals surface area contributed by atoms with Gasteiger partial charge >= 0.3 is 0 Å². The molecule has 10 heteroatoms. The molecule has 2 bridgehead atoms. The zero-order valence-electron chi connectivity index (χ0n) is 16.9. The molecule has 1 saturated heterocycles. The van der Waals surface area contributed by atoms with Crippen LogP contribution in [0.1, 0.15) is 32.5 Å². The maximum atomic E-state index is 14.2. The SMILES string of the molecule is CC1(C)OCCn2c1nc1c(N3C[C@H]4CC3CC4F)nc(-c3cnc(N)nc3)nc12. The van der Waals surface area contributed by atoms with Crippen LogP contribution in [0.15, 0.2) is 12.4 Å². The van der Waals surface area contributed by atoms with Gasteiger partial charge in [-0.2, -0.15) is 0 Å². The van der Waals surface area contributed by atoms with Gasteiger partial charge in [0.05, 0.1) is 12.2 Å². The van der Waals surface area contributed by atoms with Crippen LogP contribution in [0, 0.1) is 5.92 Å². The molecule has 2 aliphatic heterocycles. The van der Waals surface area contributed by atoms with Crippen LogP contribution in [0.2, 0.25) is 0 Å². The van der Waals surface area contributed by atoms with E-state index < -0.39 is 11.8 Å². The molecule has 1 aliphatic carbocycles. The van der Waals surface area contributed by atoms with Crippen molar-refractivity contribution in [2.75, 3.05) is 23.8 Å². The fourth-order valence-electron chi connectivity index (χ4n) is 5.05. The maximum Gasteiger partial charge on any atom is 0.219 e. The van der Waals surface area contributed by atoms with Crippen molar-refractivity contribution < 1.29 is 9.13 Å². The summed E-state index contributed by atoms with van der Waals surface area (Å²) in [7, 11) is 0. The van der Waals surface area contributed by atoms with E-state index in [-0.39, 0.29) is 17.9 Å². The third-order valence-corrected chi connectivity index (χ3v) is 6.55. The zero-order valence-corrected chi connectivity index (χ0v) is 16.9. The van der Waals surface area contributed by atoms with Gasteiger partial charge in [0.2, 0.25) is 5.95 Å². The molecule has 0 amide bonds.